The number of carbonyl (C=O) groups is 1. The van der Waals surface area contributed by atoms with Crippen LogP contribution in [0.1, 0.15) is 24.9 Å². The third-order valence-electron chi connectivity index (χ3n) is 5.15. The molecule has 0 aromatic heterocycles. The summed E-state index contributed by atoms with van der Waals surface area (Å²) < 4.78 is 18.6. The number of fused-ring (bicyclic) bond motifs is 1. The summed E-state index contributed by atoms with van der Waals surface area (Å²) in [6.45, 7) is 1.95. The lowest BCUT2D eigenvalue weighted by molar-refractivity contribution is -0.121. The summed E-state index contributed by atoms with van der Waals surface area (Å²) in [5.74, 6) is 0.0213. The van der Waals surface area contributed by atoms with Gasteiger partial charge in [0.25, 0.3) is 5.91 Å². The predicted molar refractivity (Wildman–Crippen MR) is 113 cm³/mol. The molecule has 3 aromatic rings. The average Bonchev–Trinajstić information content (AvgIpc) is 2.74. The smallest absolute Gasteiger partial charge is 0.265 e. The topological polar surface area (TPSA) is 41.6 Å². The first-order valence-corrected chi connectivity index (χ1v) is 9.73. The van der Waals surface area contributed by atoms with Gasteiger partial charge in [-0.05, 0) is 61.4 Å². The Morgan fingerprint density at radius 1 is 1.03 bits per heavy atom. The Labute approximate surface area is 169 Å². The molecule has 4 rings (SSSR count). The average molecular weight is 390 g/mol. The van der Waals surface area contributed by atoms with E-state index in [2.05, 4.69) is 11.4 Å². The molecule has 1 heterocycles. The second-order valence-electron chi connectivity index (χ2n) is 7.21. The number of hydrogen-bond donors (Lipinski definition) is 1. The molecule has 1 amide bonds. The van der Waals surface area contributed by atoms with E-state index in [9.17, 15) is 9.18 Å². The molecule has 2 atom stereocenters. The molecule has 1 aliphatic rings. The van der Waals surface area contributed by atoms with Crippen molar-refractivity contribution in [2.45, 2.75) is 25.4 Å². The van der Waals surface area contributed by atoms with Crippen molar-refractivity contribution >= 4 is 17.3 Å². The van der Waals surface area contributed by atoms with Crippen molar-refractivity contribution in [1.82, 2.24) is 0 Å². The largest absolute Gasteiger partial charge is 0.484 e. The van der Waals surface area contributed by atoms with Crippen LogP contribution in [0, 0.1) is 5.82 Å². The number of rotatable bonds is 5. The number of anilines is 2. The highest BCUT2D eigenvalue weighted by Crippen LogP contribution is 2.38. The van der Waals surface area contributed by atoms with Crippen molar-refractivity contribution in [3.05, 3.63) is 90.2 Å². The summed E-state index contributed by atoms with van der Waals surface area (Å²) in [4.78, 5) is 14.8. The summed E-state index contributed by atoms with van der Waals surface area (Å²) in [6, 6.07) is 23.9. The molecule has 5 heteroatoms. The summed E-state index contributed by atoms with van der Waals surface area (Å²) in [5.41, 5.74) is 3.04. The first-order valence-electron chi connectivity index (χ1n) is 9.73. The lowest BCUT2D eigenvalue weighted by Gasteiger charge is -2.40. The third kappa shape index (κ3) is 4.24. The fourth-order valence-corrected chi connectivity index (χ4v) is 3.81. The Bertz CT molecular complexity index is 976. The van der Waals surface area contributed by atoms with Crippen molar-refractivity contribution in [3.8, 4) is 5.75 Å². The maximum atomic E-state index is 13.0. The summed E-state index contributed by atoms with van der Waals surface area (Å²) in [5, 5.41) is 3.59. The molecule has 29 heavy (non-hydrogen) atoms. The lowest BCUT2D eigenvalue weighted by atomic mass is 9.91. The number of para-hydroxylation sites is 2. The lowest BCUT2D eigenvalue weighted by Crippen LogP contribution is -2.46. The zero-order valence-electron chi connectivity index (χ0n) is 16.2. The molecule has 0 bridgehead atoms. The highest BCUT2D eigenvalue weighted by Gasteiger charge is 2.33. The normalized spacial score (nSPS) is 18.1. The predicted octanol–water partition coefficient (Wildman–Crippen LogP) is 5.18. The molecule has 0 unspecified atom stereocenters. The van der Waals surface area contributed by atoms with E-state index in [4.69, 9.17) is 4.74 Å². The Kier molecular flexibility index (Phi) is 5.47. The van der Waals surface area contributed by atoms with Gasteiger partial charge in [0.1, 0.15) is 11.6 Å². The zero-order chi connectivity index (χ0) is 20.2. The number of ether oxygens (including phenoxy) is 1. The molecule has 148 valence electrons. The number of benzene rings is 3. The van der Waals surface area contributed by atoms with Gasteiger partial charge in [0.05, 0.1) is 6.04 Å². The Balaban J connectivity index is 1.53. The van der Waals surface area contributed by atoms with Gasteiger partial charge in [0.2, 0.25) is 0 Å². The van der Waals surface area contributed by atoms with Crippen molar-refractivity contribution in [2.75, 3.05) is 16.8 Å². The van der Waals surface area contributed by atoms with E-state index in [1.54, 1.807) is 0 Å². The number of hydrogen-bond acceptors (Lipinski definition) is 3. The monoisotopic (exact) mass is 390 g/mol. The van der Waals surface area contributed by atoms with E-state index in [0.717, 1.165) is 23.4 Å². The molecular formula is C24H23FN2O2. The van der Waals surface area contributed by atoms with Crippen LogP contribution in [0.3, 0.4) is 0 Å². The highest BCUT2D eigenvalue weighted by atomic mass is 19.1. The van der Waals surface area contributed by atoms with Crippen LogP contribution in [-0.2, 0) is 4.79 Å². The van der Waals surface area contributed by atoms with Gasteiger partial charge in [-0.15, -0.1) is 0 Å². The second kappa shape index (κ2) is 8.35. The van der Waals surface area contributed by atoms with Crippen molar-refractivity contribution < 1.29 is 13.9 Å². The first kappa shape index (κ1) is 19.0. The first-order chi connectivity index (χ1) is 14.1. The van der Waals surface area contributed by atoms with Crippen LogP contribution in [0.25, 0.3) is 0 Å². The fourth-order valence-electron chi connectivity index (χ4n) is 3.81. The van der Waals surface area contributed by atoms with Gasteiger partial charge < -0.3 is 15.0 Å². The van der Waals surface area contributed by atoms with Crippen LogP contribution in [0.15, 0.2) is 78.9 Å². The van der Waals surface area contributed by atoms with Crippen LogP contribution >= 0.6 is 0 Å². The van der Waals surface area contributed by atoms with Gasteiger partial charge in [0.15, 0.2) is 6.61 Å². The van der Waals surface area contributed by atoms with E-state index < -0.39 is 0 Å². The molecule has 3 aromatic carbocycles. The maximum Gasteiger partial charge on any atom is 0.265 e. The number of nitrogens with one attached hydrogen (secondary N) is 1. The molecule has 4 nitrogen and oxygen atoms in total. The van der Waals surface area contributed by atoms with Crippen molar-refractivity contribution in [3.63, 3.8) is 0 Å². The van der Waals surface area contributed by atoms with Crippen LogP contribution < -0.4 is 15.0 Å². The minimum atomic E-state index is -0.334. The molecule has 1 aliphatic heterocycles. The van der Waals surface area contributed by atoms with Crippen molar-refractivity contribution in [2.24, 2.45) is 0 Å². The second-order valence-corrected chi connectivity index (χ2v) is 7.21. The van der Waals surface area contributed by atoms with E-state index >= 15 is 0 Å². The number of nitrogens with zero attached hydrogens (tertiary/aromatic N) is 1. The number of amides is 1. The van der Waals surface area contributed by atoms with Gasteiger partial charge in [-0.3, -0.25) is 4.79 Å². The van der Waals surface area contributed by atoms with E-state index in [1.807, 2.05) is 60.4 Å². The molecule has 0 fully saturated rings. The molecular weight excluding hydrogens is 367 g/mol. The summed E-state index contributed by atoms with van der Waals surface area (Å²) >= 11 is 0. The fraction of sp³-hybridized carbons (Fsp3) is 0.208. The number of carbonyl (C=O) groups excluding carboxylic acids is 1. The van der Waals surface area contributed by atoms with Gasteiger partial charge >= 0.3 is 0 Å². The Hall–Kier alpha value is -3.34. The Morgan fingerprint density at radius 3 is 2.48 bits per heavy atom. The maximum absolute atomic E-state index is 13.0. The van der Waals surface area contributed by atoms with Gasteiger partial charge in [-0.1, -0.05) is 36.4 Å². The molecule has 0 saturated heterocycles. The molecule has 0 spiro atoms. The van der Waals surface area contributed by atoms with Crippen LogP contribution in [0.4, 0.5) is 15.8 Å². The SMILES string of the molecule is C[C@H]1C[C@H](Nc2ccccc2)c2ccccc2N1C(=O)COc1ccc(F)cc1. The quantitative estimate of drug-likeness (QED) is 0.652. The van der Waals surface area contributed by atoms with Gasteiger partial charge in [-0.2, -0.15) is 0 Å². The van der Waals surface area contributed by atoms with E-state index in [0.29, 0.717) is 5.75 Å². The Morgan fingerprint density at radius 2 is 1.72 bits per heavy atom. The minimum Gasteiger partial charge on any atom is -0.484 e. The highest BCUT2D eigenvalue weighted by molar-refractivity contribution is 5.96. The number of halogens is 1. The molecule has 0 aliphatic carbocycles. The van der Waals surface area contributed by atoms with Crippen LogP contribution in [0.2, 0.25) is 0 Å². The van der Waals surface area contributed by atoms with Crippen LogP contribution in [0.5, 0.6) is 5.75 Å². The van der Waals surface area contributed by atoms with Crippen LogP contribution in [-0.4, -0.2) is 18.6 Å². The van der Waals surface area contributed by atoms with Gasteiger partial charge in [-0.25, -0.2) is 4.39 Å². The zero-order valence-corrected chi connectivity index (χ0v) is 16.2. The summed E-state index contributed by atoms with van der Waals surface area (Å²) in [6.07, 6.45) is 0.786. The minimum absolute atomic E-state index is 0.00966. The van der Waals surface area contributed by atoms with E-state index in [-0.39, 0.29) is 30.4 Å². The molecule has 0 saturated carbocycles. The van der Waals surface area contributed by atoms with Gasteiger partial charge in [0, 0.05) is 17.4 Å². The summed E-state index contributed by atoms with van der Waals surface area (Å²) in [7, 11) is 0. The third-order valence-corrected chi connectivity index (χ3v) is 5.15. The molecule has 1 N–H and O–H groups in total. The molecule has 0 radical (unpaired) electrons. The van der Waals surface area contributed by atoms with Crippen molar-refractivity contribution in [1.29, 1.82) is 0 Å². The standard InChI is InChI=1S/C24H23FN2O2/c1-17-15-22(26-19-7-3-2-4-8-19)21-9-5-6-10-23(21)27(17)24(28)16-29-20-13-11-18(25)12-14-20/h2-14,17,22,26H,15-16H2,1H3/t17-,22-/m0/s1. The van der Waals surface area contributed by atoms with E-state index in [1.165, 1.54) is 24.3 Å².